The van der Waals surface area contributed by atoms with Crippen LogP contribution in [0.15, 0.2) is 30.5 Å². The first-order valence-corrected chi connectivity index (χ1v) is 10.6. The Morgan fingerprint density at radius 3 is 2.77 bits per heavy atom. The molecule has 4 rings (SSSR count). The summed E-state index contributed by atoms with van der Waals surface area (Å²) in [6, 6.07) is 7.71. The zero-order valence-electron chi connectivity index (χ0n) is 15.0. The minimum absolute atomic E-state index is 0.0108. The van der Waals surface area contributed by atoms with Crippen LogP contribution >= 0.6 is 0 Å². The van der Waals surface area contributed by atoms with Gasteiger partial charge in [0.15, 0.2) is 0 Å². The molecule has 0 N–H and O–H groups in total. The van der Waals surface area contributed by atoms with Gasteiger partial charge in [0.25, 0.3) is 5.91 Å². The van der Waals surface area contributed by atoms with E-state index in [1.54, 1.807) is 4.90 Å². The summed E-state index contributed by atoms with van der Waals surface area (Å²) < 4.78 is 33.1. The third-order valence-electron chi connectivity index (χ3n) is 5.38. The van der Waals surface area contributed by atoms with E-state index in [1.807, 2.05) is 42.1 Å². The number of fused-ring (bicyclic) bond motifs is 2. The number of amides is 1. The van der Waals surface area contributed by atoms with Crippen LogP contribution in [0.5, 0.6) is 0 Å². The number of nitrogens with zero attached hydrogens (tertiary/aromatic N) is 3. The molecule has 0 aliphatic carbocycles. The predicted molar refractivity (Wildman–Crippen MR) is 98.5 cm³/mol. The van der Waals surface area contributed by atoms with Crippen LogP contribution in [0, 0.1) is 5.92 Å². The summed E-state index contributed by atoms with van der Waals surface area (Å²) in [5.41, 5.74) is 1.74. The van der Waals surface area contributed by atoms with Crippen molar-refractivity contribution in [1.29, 1.82) is 0 Å². The SMILES string of the molecule is Cn1ccc2cc(C(=O)N3C[C@@H]4CN(S(C)(=O)=O)CCO[C@@H]4C3)ccc21. The maximum Gasteiger partial charge on any atom is 0.253 e. The van der Waals surface area contributed by atoms with Gasteiger partial charge < -0.3 is 14.2 Å². The summed E-state index contributed by atoms with van der Waals surface area (Å²) in [5, 5.41) is 1.03. The molecule has 26 heavy (non-hydrogen) atoms. The average Bonchev–Trinajstić information content (AvgIpc) is 3.10. The lowest BCUT2D eigenvalue weighted by Crippen LogP contribution is -2.37. The summed E-state index contributed by atoms with van der Waals surface area (Å²) in [7, 11) is -1.28. The van der Waals surface area contributed by atoms with Crippen LogP contribution in [-0.2, 0) is 21.8 Å². The highest BCUT2D eigenvalue weighted by Crippen LogP contribution is 2.27. The minimum atomic E-state index is -3.25. The Bertz CT molecular complexity index is 952. The molecule has 2 atom stereocenters. The van der Waals surface area contributed by atoms with E-state index in [1.165, 1.54) is 10.6 Å². The van der Waals surface area contributed by atoms with E-state index < -0.39 is 10.0 Å². The fourth-order valence-electron chi connectivity index (χ4n) is 3.93. The summed E-state index contributed by atoms with van der Waals surface area (Å²) in [4.78, 5) is 14.7. The summed E-state index contributed by atoms with van der Waals surface area (Å²) >= 11 is 0. The second kappa shape index (κ2) is 6.37. The van der Waals surface area contributed by atoms with Crippen molar-refractivity contribution in [3.05, 3.63) is 36.0 Å². The second-order valence-corrected chi connectivity index (χ2v) is 9.18. The molecule has 8 heteroatoms. The van der Waals surface area contributed by atoms with Crippen LogP contribution in [0.2, 0.25) is 0 Å². The molecule has 1 amide bonds. The number of sulfonamides is 1. The molecule has 2 aliphatic rings. The van der Waals surface area contributed by atoms with Gasteiger partial charge in [-0.3, -0.25) is 4.79 Å². The number of aromatic nitrogens is 1. The van der Waals surface area contributed by atoms with E-state index in [2.05, 4.69) is 0 Å². The molecule has 2 saturated heterocycles. The van der Waals surface area contributed by atoms with Gasteiger partial charge in [0.05, 0.1) is 19.0 Å². The third kappa shape index (κ3) is 3.13. The van der Waals surface area contributed by atoms with Gasteiger partial charge >= 0.3 is 0 Å². The van der Waals surface area contributed by atoms with E-state index in [-0.39, 0.29) is 17.9 Å². The number of hydrogen-bond acceptors (Lipinski definition) is 4. The maximum atomic E-state index is 12.9. The molecular formula is C18H23N3O4S. The largest absolute Gasteiger partial charge is 0.375 e. The lowest BCUT2D eigenvalue weighted by Gasteiger charge is -2.21. The van der Waals surface area contributed by atoms with E-state index in [9.17, 15) is 13.2 Å². The molecule has 0 spiro atoms. The van der Waals surface area contributed by atoms with Crippen LogP contribution in [0.3, 0.4) is 0 Å². The molecule has 1 aromatic carbocycles. The lowest BCUT2D eigenvalue weighted by molar-refractivity contribution is 0.0492. The van der Waals surface area contributed by atoms with Gasteiger partial charge in [0, 0.05) is 61.8 Å². The Hall–Kier alpha value is -1.90. The average molecular weight is 377 g/mol. The lowest BCUT2D eigenvalue weighted by atomic mass is 10.1. The van der Waals surface area contributed by atoms with Crippen LogP contribution < -0.4 is 0 Å². The van der Waals surface area contributed by atoms with Crippen LogP contribution in [-0.4, -0.2) is 73.2 Å². The van der Waals surface area contributed by atoms with Crippen molar-refractivity contribution in [3.8, 4) is 0 Å². The van der Waals surface area contributed by atoms with Gasteiger partial charge in [-0.2, -0.15) is 4.31 Å². The fourth-order valence-corrected chi connectivity index (χ4v) is 4.80. The molecule has 2 aliphatic heterocycles. The molecule has 0 bridgehead atoms. The van der Waals surface area contributed by atoms with Crippen LogP contribution in [0.1, 0.15) is 10.4 Å². The standard InChI is InChI=1S/C18H23N3O4S/c1-19-6-5-13-9-14(3-4-16(13)19)18(22)20-10-15-11-21(26(2,23)24)7-8-25-17(15)12-20/h3-6,9,15,17H,7-8,10-12H2,1-2H3/t15-,17-/m1/s1. The van der Waals surface area contributed by atoms with E-state index in [0.717, 1.165) is 10.9 Å². The third-order valence-corrected chi connectivity index (χ3v) is 6.65. The normalized spacial score (nSPS) is 24.6. The van der Waals surface area contributed by atoms with Gasteiger partial charge in [0.2, 0.25) is 10.0 Å². The van der Waals surface area contributed by atoms with Crippen LogP contribution in [0.25, 0.3) is 10.9 Å². The first-order valence-electron chi connectivity index (χ1n) is 8.74. The van der Waals surface area contributed by atoms with Crippen molar-refractivity contribution in [2.45, 2.75) is 6.10 Å². The number of carbonyl (C=O) groups excluding carboxylic acids is 1. The van der Waals surface area contributed by atoms with Crippen molar-refractivity contribution in [3.63, 3.8) is 0 Å². The number of rotatable bonds is 2. The van der Waals surface area contributed by atoms with Gasteiger partial charge in [0.1, 0.15) is 0 Å². The molecule has 0 saturated carbocycles. The van der Waals surface area contributed by atoms with E-state index >= 15 is 0 Å². The number of hydrogen-bond donors (Lipinski definition) is 0. The molecular weight excluding hydrogens is 354 g/mol. The first kappa shape index (κ1) is 17.5. The fraction of sp³-hybridized carbons (Fsp3) is 0.500. The monoisotopic (exact) mass is 377 g/mol. The van der Waals surface area contributed by atoms with Gasteiger partial charge in [-0.25, -0.2) is 8.42 Å². The minimum Gasteiger partial charge on any atom is -0.375 e. The quantitative estimate of drug-likeness (QED) is 0.780. The number of carbonyl (C=O) groups is 1. The molecule has 7 nitrogen and oxygen atoms in total. The van der Waals surface area contributed by atoms with Crippen molar-refractivity contribution in [2.24, 2.45) is 13.0 Å². The van der Waals surface area contributed by atoms with E-state index in [4.69, 9.17) is 4.74 Å². The first-order chi connectivity index (χ1) is 12.3. The van der Waals surface area contributed by atoms with Crippen molar-refractivity contribution in [1.82, 2.24) is 13.8 Å². The molecule has 3 heterocycles. The zero-order chi connectivity index (χ0) is 18.5. The van der Waals surface area contributed by atoms with Crippen molar-refractivity contribution < 1.29 is 17.9 Å². The molecule has 1 aromatic heterocycles. The Labute approximate surface area is 153 Å². The predicted octanol–water partition coefficient (Wildman–Crippen LogP) is 0.911. The highest BCUT2D eigenvalue weighted by atomic mass is 32.2. The Balaban J connectivity index is 1.53. The maximum absolute atomic E-state index is 12.9. The second-order valence-electron chi connectivity index (χ2n) is 7.20. The summed E-state index contributed by atoms with van der Waals surface area (Å²) in [5.74, 6) is -0.0186. The highest BCUT2D eigenvalue weighted by molar-refractivity contribution is 7.88. The Kier molecular flexibility index (Phi) is 4.29. The smallest absolute Gasteiger partial charge is 0.253 e. The number of likely N-dealkylation sites (tertiary alicyclic amines) is 1. The molecule has 0 radical (unpaired) electrons. The van der Waals surface area contributed by atoms with E-state index in [0.29, 0.717) is 38.3 Å². The molecule has 2 fully saturated rings. The zero-order valence-corrected chi connectivity index (χ0v) is 15.8. The summed E-state index contributed by atoms with van der Waals surface area (Å²) in [6.45, 7) is 2.18. The topological polar surface area (TPSA) is 71.9 Å². The van der Waals surface area contributed by atoms with Crippen molar-refractivity contribution in [2.75, 3.05) is 39.0 Å². The van der Waals surface area contributed by atoms with Gasteiger partial charge in [-0.05, 0) is 24.3 Å². The highest BCUT2D eigenvalue weighted by Gasteiger charge is 2.40. The molecule has 0 unspecified atom stereocenters. The van der Waals surface area contributed by atoms with Crippen molar-refractivity contribution >= 4 is 26.8 Å². The number of benzene rings is 1. The van der Waals surface area contributed by atoms with Crippen LogP contribution in [0.4, 0.5) is 0 Å². The number of ether oxygens (including phenoxy) is 1. The van der Waals surface area contributed by atoms with Gasteiger partial charge in [-0.1, -0.05) is 0 Å². The molecule has 2 aromatic rings. The summed E-state index contributed by atoms with van der Waals surface area (Å²) in [6.07, 6.45) is 3.09. The Morgan fingerprint density at radius 2 is 2.00 bits per heavy atom. The molecule has 140 valence electrons. The number of aryl methyl sites for hydroxylation is 1. The van der Waals surface area contributed by atoms with Gasteiger partial charge in [-0.15, -0.1) is 0 Å². The Morgan fingerprint density at radius 1 is 1.19 bits per heavy atom.